The molecule has 8 nitrogen and oxygen atoms in total. The maximum Gasteiger partial charge on any atom is 0.269 e. The van der Waals surface area contributed by atoms with Gasteiger partial charge in [0.15, 0.2) is 0 Å². The van der Waals surface area contributed by atoms with Gasteiger partial charge in [-0.3, -0.25) is 19.7 Å². The summed E-state index contributed by atoms with van der Waals surface area (Å²) in [5.41, 5.74) is 2.81. The minimum absolute atomic E-state index is 0.0490. The molecule has 0 aliphatic carbocycles. The SMILES string of the molecule is O=C(CCC(=O)Nc1ccccc1F)NN=Cc1ccc([N+](=O)[O-])cc1. The largest absolute Gasteiger partial charge is 0.324 e. The number of nitro groups is 1. The van der Waals surface area contributed by atoms with Crippen molar-refractivity contribution in [2.75, 3.05) is 5.32 Å². The van der Waals surface area contributed by atoms with Crippen molar-refractivity contribution in [3.63, 3.8) is 0 Å². The van der Waals surface area contributed by atoms with Crippen LogP contribution in [0.15, 0.2) is 53.6 Å². The Labute approximate surface area is 147 Å². The van der Waals surface area contributed by atoms with Crippen molar-refractivity contribution >= 4 is 29.4 Å². The van der Waals surface area contributed by atoms with E-state index >= 15 is 0 Å². The number of halogens is 1. The average molecular weight is 358 g/mol. The van der Waals surface area contributed by atoms with E-state index in [0.29, 0.717) is 5.56 Å². The molecule has 2 rings (SSSR count). The van der Waals surface area contributed by atoms with Crippen molar-refractivity contribution < 1.29 is 18.9 Å². The summed E-state index contributed by atoms with van der Waals surface area (Å²) in [5.74, 6) is -1.55. The monoisotopic (exact) mass is 358 g/mol. The summed E-state index contributed by atoms with van der Waals surface area (Å²) in [7, 11) is 0. The van der Waals surface area contributed by atoms with Crippen molar-refractivity contribution in [1.29, 1.82) is 0 Å². The Hall–Kier alpha value is -3.62. The lowest BCUT2D eigenvalue weighted by Gasteiger charge is -2.05. The van der Waals surface area contributed by atoms with Gasteiger partial charge in [0.25, 0.3) is 5.69 Å². The van der Waals surface area contributed by atoms with E-state index in [2.05, 4.69) is 15.8 Å². The third-order valence-corrected chi connectivity index (χ3v) is 3.23. The first-order valence-electron chi connectivity index (χ1n) is 7.56. The average Bonchev–Trinajstić information content (AvgIpc) is 2.62. The number of anilines is 1. The van der Waals surface area contributed by atoms with Crippen LogP contribution < -0.4 is 10.7 Å². The predicted octanol–water partition coefficient (Wildman–Crippen LogP) is 2.60. The van der Waals surface area contributed by atoms with E-state index in [0.717, 1.165) is 0 Å². The number of carbonyl (C=O) groups is 2. The van der Waals surface area contributed by atoms with Gasteiger partial charge >= 0.3 is 0 Å². The molecule has 2 amide bonds. The number of para-hydroxylation sites is 1. The number of benzene rings is 2. The highest BCUT2D eigenvalue weighted by Gasteiger charge is 2.09. The van der Waals surface area contributed by atoms with Crippen LogP contribution in [0.2, 0.25) is 0 Å². The molecule has 2 aromatic rings. The normalized spacial score (nSPS) is 10.5. The molecular weight excluding hydrogens is 343 g/mol. The van der Waals surface area contributed by atoms with E-state index < -0.39 is 22.6 Å². The highest BCUT2D eigenvalue weighted by Crippen LogP contribution is 2.13. The molecular formula is C17H15FN4O4. The van der Waals surface area contributed by atoms with E-state index in [-0.39, 0.29) is 24.2 Å². The number of hydrogen-bond acceptors (Lipinski definition) is 5. The molecule has 0 saturated carbocycles. The molecule has 2 N–H and O–H groups in total. The maximum atomic E-state index is 13.4. The van der Waals surface area contributed by atoms with Gasteiger partial charge in [0.05, 0.1) is 16.8 Å². The molecule has 0 bridgehead atoms. The molecule has 134 valence electrons. The summed E-state index contributed by atoms with van der Waals surface area (Å²) >= 11 is 0. The highest BCUT2D eigenvalue weighted by molar-refractivity contribution is 5.93. The zero-order valence-electron chi connectivity index (χ0n) is 13.5. The number of rotatable bonds is 7. The lowest BCUT2D eigenvalue weighted by atomic mass is 10.2. The third kappa shape index (κ3) is 5.78. The van der Waals surface area contributed by atoms with Gasteiger partial charge in [-0.05, 0) is 29.8 Å². The van der Waals surface area contributed by atoms with E-state index in [1.54, 1.807) is 6.07 Å². The van der Waals surface area contributed by atoms with Crippen molar-refractivity contribution in [2.24, 2.45) is 5.10 Å². The van der Waals surface area contributed by atoms with Crippen molar-refractivity contribution in [2.45, 2.75) is 12.8 Å². The third-order valence-electron chi connectivity index (χ3n) is 3.23. The summed E-state index contributed by atoms with van der Waals surface area (Å²) < 4.78 is 13.4. The van der Waals surface area contributed by atoms with Gasteiger partial charge in [0.2, 0.25) is 11.8 Å². The molecule has 2 aromatic carbocycles. The van der Waals surface area contributed by atoms with E-state index in [1.807, 2.05) is 0 Å². The maximum absolute atomic E-state index is 13.4. The molecule has 0 aliphatic rings. The first kappa shape index (κ1) is 18.7. The second-order valence-corrected chi connectivity index (χ2v) is 5.17. The van der Waals surface area contributed by atoms with Gasteiger partial charge in [-0.1, -0.05) is 12.1 Å². The molecule has 0 radical (unpaired) electrons. The Morgan fingerprint density at radius 1 is 1.08 bits per heavy atom. The summed E-state index contributed by atoms with van der Waals surface area (Å²) in [6, 6.07) is 11.3. The molecule has 0 heterocycles. The summed E-state index contributed by atoms with van der Waals surface area (Å²) in [5, 5.41) is 16.6. The molecule has 0 spiro atoms. The second kappa shape index (κ2) is 9.02. The molecule has 0 saturated heterocycles. The first-order chi connectivity index (χ1) is 12.5. The van der Waals surface area contributed by atoms with Crippen molar-refractivity contribution in [3.05, 3.63) is 70.0 Å². The fourth-order valence-corrected chi connectivity index (χ4v) is 1.92. The fourth-order valence-electron chi connectivity index (χ4n) is 1.92. The van der Waals surface area contributed by atoms with Crippen molar-refractivity contribution in [3.8, 4) is 0 Å². The standard InChI is InChI=1S/C17H15FN4O4/c18-14-3-1-2-4-15(14)20-16(23)9-10-17(24)21-19-11-12-5-7-13(8-6-12)22(25)26/h1-8,11H,9-10H2,(H,20,23)(H,21,24). The molecule has 0 atom stereocenters. The second-order valence-electron chi connectivity index (χ2n) is 5.17. The van der Waals surface area contributed by atoms with Crippen LogP contribution in [0.3, 0.4) is 0 Å². The Morgan fingerprint density at radius 3 is 2.38 bits per heavy atom. The molecule has 26 heavy (non-hydrogen) atoms. The minimum Gasteiger partial charge on any atom is -0.324 e. The van der Waals surface area contributed by atoms with Crippen LogP contribution in [0.25, 0.3) is 0 Å². The number of nitrogens with zero attached hydrogens (tertiary/aromatic N) is 2. The van der Waals surface area contributed by atoms with Gasteiger partial charge in [-0.15, -0.1) is 0 Å². The van der Waals surface area contributed by atoms with Crippen molar-refractivity contribution in [1.82, 2.24) is 5.43 Å². The van der Waals surface area contributed by atoms with Gasteiger partial charge in [-0.2, -0.15) is 5.10 Å². The molecule has 0 aromatic heterocycles. The number of nitro benzene ring substituents is 1. The molecule has 9 heteroatoms. The van der Waals surface area contributed by atoms with Crippen LogP contribution in [0.1, 0.15) is 18.4 Å². The number of nitrogens with one attached hydrogen (secondary N) is 2. The number of amides is 2. The van der Waals surface area contributed by atoms with Crippen LogP contribution in [-0.2, 0) is 9.59 Å². The summed E-state index contributed by atoms with van der Waals surface area (Å²) in [4.78, 5) is 33.4. The number of carbonyl (C=O) groups excluding carboxylic acids is 2. The van der Waals surface area contributed by atoms with Crippen LogP contribution in [-0.4, -0.2) is 23.0 Å². The minimum atomic E-state index is -0.557. The van der Waals surface area contributed by atoms with Gasteiger partial charge < -0.3 is 5.32 Å². The van der Waals surface area contributed by atoms with Crippen LogP contribution in [0.5, 0.6) is 0 Å². The Morgan fingerprint density at radius 2 is 1.73 bits per heavy atom. The fraction of sp³-hybridized carbons (Fsp3) is 0.118. The number of hydrazone groups is 1. The van der Waals surface area contributed by atoms with Crippen LogP contribution in [0.4, 0.5) is 15.8 Å². The topological polar surface area (TPSA) is 114 Å². The summed E-state index contributed by atoms with van der Waals surface area (Å²) in [6.07, 6.45) is 1.06. The quantitative estimate of drug-likeness (QED) is 0.450. The smallest absolute Gasteiger partial charge is 0.269 e. The van der Waals surface area contributed by atoms with Gasteiger partial charge in [0, 0.05) is 25.0 Å². The Balaban J connectivity index is 1.75. The van der Waals surface area contributed by atoms with E-state index in [4.69, 9.17) is 0 Å². The molecule has 0 unspecified atom stereocenters. The predicted molar refractivity (Wildman–Crippen MR) is 93.1 cm³/mol. The van der Waals surface area contributed by atoms with Gasteiger partial charge in [0.1, 0.15) is 5.82 Å². The lowest BCUT2D eigenvalue weighted by molar-refractivity contribution is -0.384. The zero-order chi connectivity index (χ0) is 18.9. The van der Waals surface area contributed by atoms with Gasteiger partial charge in [-0.25, -0.2) is 9.82 Å². The lowest BCUT2D eigenvalue weighted by Crippen LogP contribution is -2.20. The van der Waals surface area contributed by atoms with Crippen LogP contribution >= 0.6 is 0 Å². The molecule has 0 aliphatic heterocycles. The van der Waals surface area contributed by atoms with Crippen LogP contribution in [0, 0.1) is 15.9 Å². The summed E-state index contributed by atoms with van der Waals surface area (Å²) in [6.45, 7) is 0. The molecule has 0 fully saturated rings. The number of non-ortho nitro benzene ring substituents is 1. The Bertz CT molecular complexity index is 837. The van der Waals surface area contributed by atoms with E-state index in [9.17, 15) is 24.1 Å². The number of hydrogen-bond donors (Lipinski definition) is 2. The van der Waals surface area contributed by atoms with E-state index in [1.165, 1.54) is 48.7 Å². The zero-order valence-corrected chi connectivity index (χ0v) is 13.5. The highest BCUT2D eigenvalue weighted by atomic mass is 19.1. The Kier molecular flexibility index (Phi) is 6.49. The first-order valence-corrected chi connectivity index (χ1v) is 7.56.